The van der Waals surface area contributed by atoms with E-state index in [2.05, 4.69) is 10.3 Å². The lowest BCUT2D eigenvalue weighted by Crippen LogP contribution is -2.26. The smallest absolute Gasteiger partial charge is 0.298 e. The molecule has 0 spiro atoms. The van der Waals surface area contributed by atoms with Crippen LogP contribution in [0.5, 0.6) is 11.5 Å². The predicted molar refractivity (Wildman–Crippen MR) is 102 cm³/mol. The molecule has 1 N–H and O–H groups in total. The molecule has 3 aromatic rings. The van der Waals surface area contributed by atoms with Crippen molar-refractivity contribution in [3.63, 3.8) is 0 Å². The summed E-state index contributed by atoms with van der Waals surface area (Å²) in [6.07, 6.45) is 2.92. The summed E-state index contributed by atoms with van der Waals surface area (Å²) in [6, 6.07) is 11.5. The van der Waals surface area contributed by atoms with E-state index < -0.39 is 11.5 Å². The summed E-state index contributed by atoms with van der Waals surface area (Å²) in [6.45, 7) is 0. The Morgan fingerprint density at radius 1 is 1.11 bits per heavy atom. The lowest BCUT2D eigenvalue weighted by molar-refractivity contribution is 0.102. The third-order valence-corrected chi connectivity index (χ3v) is 4.04. The summed E-state index contributed by atoms with van der Waals surface area (Å²) in [5.41, 5.74) is 0.386. The van der Waals surface area contributed by atoms with Gasteiger partial charge in [-0.15, -0.1) is 0 Å². The monoisotopic (exact) mass is 385 g/mol. The second kappa shape index (κ2) is 7.92. The van der Waals surface area contributed by atoms with Crippen LogP contribution in [-0.2, 0) is 0 Å². The molecular formula is C19H16ClN3O4. The molecule has 1 amide bonds. The Balaban J connectivity index is 1.91. The minimum absolute atomic E-state index is 0.0998. The number of carbonyl (C=O) groups excluding carboxylic acids is 1. The van der Waals surface area contributed by atoms with Gasteiger partial charge in [-0.3, -0.25) is 14.2 Å². The zero-order valence-electron chi connectivity index (χ0n) is 14.6. The van der Waals surface area contributed by atoms with Crippen molar-refractivity contribution in [3.8, 4) is 17.2 Å². The molecule has 7 nitrogen and oxygen atoms in total. The average Bonchev–Trinajstić information content (AvgIpc) is 2.68. The van der Waals surface area contributed by atoms with Crippen molar-refractivity contribution < 1.29 is 14.3 Å². The molecule has 0 saturated carbocycles. The molecule has 3 rings (SSSR count). The highest BCUT2D eigenvalue weighted by atomic mass is 35.5. The van der Waals surface area contributed by atoms with Gasteiger partial charge in [-0.25, -0.2) is 4.98 Å². The van der Waals surface area contributed by atoms with Gasteiger partial charge >= 0.3 is 0 Å². The van der Waals surface area contributed by atoms with Crippen LogP contribution < -0.4 is 20.3 Å². The van der Waals surface area contributed by atoms with E-state index in [0.717, 1.165) is 0 Å². The minimum atomic E-state index is -0.496. The molecular weight excluding hydrogens is 370 g/mol. The van der Waals surface area contributed by atoms with E-state index in [4.69, 9.17) is 21.1 Å². The molecule has 0 aliphatic heterocycles. The summed E-state index contributed by atoms with van der Waals surface area (Å²) in [4.78, 5) is 29.2. The molecule has 0 saturated heterocycles. The Bertz CT molecular complexity index is 1050. The Labute approximate surface area is 160 Å². The number of anilines is 1. The number of nitrogens with one attached hydrogen (secondary N) is 1. The van der Waals surface area contributed by atoms with E-state index in [1.807, 2.05) is 0 Å². The zero-order valence-corrected chi connectivity index (χ0v) is 15.4. The Morgan fingerprint density at radius 2 is 1.89 bits per heavy atom. The van der Waals surface area contributed by atoms with Gasteiger partial charge in [0.25, 0.3) is 11.5 Å². The van der Waals surface area contributed by atoms with Crippen molar-refractivity contribution in [2.45, 2.75) is 0 Å². The minimum Gasteiger partial charge on any atom is -0.493 e. The molecule has 138 valence electrons. The standard InChI is InChI=1S/C19H16ClN3O4/c1-26-15-7-6-12(10-16(15)27-2)18(24)22-17-19(25)23(9-8-21-17)14-5-3-4-13(20)11-14/h3-11H,1-2H3,(H,21,22,24). The molecule has 27 heavy (non-hydrogen) atoms. The van der Waals surface area contributed by atoms with Crippen molar-refractivity contribution in [3.05, 3.63) is 75.8 Å². The van der Waals surface area contributed by atoms with Crippen LogP contribution in [0.1, 0.15) is 10.4 Å². The molecule has 0 aliphatic carbocycles. The number of ether oxygens (including phenoxy) is 2. The van der Waals surface area contributed by atoms with E-state index in [1.54, 1.807) is 36.4 Å². The molecule has 2 aromatic carbocycles. The lowest BCUT2D eigenvalue weighted by Gasteiger charge is -2.11. The number of hydrogen-bond acceptors (Lipinski definition) is 5. The van der Waals surface area contributed by atoms with E-state index >= 15 is 0 Å². The fourth-order valence-electron chi connectivity index (χ4n) is 2.48. The quantitative estimate of drug-likeness (QED) is 0.729. The van der Waals surface area contributed by atoms with Crippen LogP contribution in [0.15, 0.2) is 59.7 Å². The Hall–Kier alpha value is -3.32. The van der Waals surface area contributed by atoms with Crippen LogP contribution >= 0.6 is 11.6 Å². The van der Waals surface area contributed by atoms with Crippen LogP contribution in [0.2, 0.25) is 5.02 Å². The number of nitrogens with zero attached hydrogens (tertiary/aromatic N) is 2. The van der Waals surface area contributed by atoms with Crippen molar-refractivity contribution in [1.29, 1.82) is 0 Å². The van der Waals surface area contributed by atoms with Gasteiger partial charge in [0.2, 0.25) is 0 Å². The fraction of sp³-hybridized carbons (Fsp3) is 0.105. The molecule has 1 heterocycles. The normalized spacial score (nSPS) is 10.3. The second-order valence-corrected chi connectivity index (χ2v) is 5.89. The average molecular weight is 386 g/mol. The van der Waals surface area contributed by atoms with Crippen LogP contribution in [-0.4, -0.2) is 29.7 Å². The highest BCUT2D eigenvalue weighted by molar-refractivity contribution is 6.30. The van der Waals surface area contributed by atoms with Gasteiger partial charge in [0.15, 0.2) is 17.3 Å². The van der Waals surface area contributed by atoms with Gasteiger partial charge in [-0.1, -0.05) is 17.7 Å². The fourth-order valence-corrected chi connectivity index (χ4v) is 2.67. The molecule has 0 fully saturated rings. The van der Waals surface area contributed by atoms with Gasteiger partial charge < -0.3 is 14.8 Å². The summed E-state index contributed by atoms with van der Waals surface area (Å²) >= 11 is 5.98. The first-order valence-electron chi connectivity index (χ1n) is 7.90. The van der Waals surface area contributed by atoms with Crippen LogP contribution in [0.4, 0.5) is 5.82 Å². The topological polar surface area (TPSA) is 82.5 Å². The summed E-state index contributed by atoms with van der Waals surface area (Å²) in [7, 11) is 2.98. The maximum absolute atomic E-state index is 12.7. The number of benzene rings is 2. The Morgan fingerprint density at radius 3 is 2.59 bits per heavy atom. The van der Waals surface area contributed by atoms with Crippen LogP contribution in [0.25, 0.3) is 5.69 Å². The number of aromatic nitrogens is 2. The molecule has 0 bridgehead atoms. The number of amides is 1. The molecule has 1 aromatic heterocycles. The third-order valence-electron chi connectivity index (χ3n) is 3.80. The molecule has 0 atom stereocenters. The number of methoxy groups -OCH3 is 2. The van der Waals surface area contributed by atoms with Crippen molar-refractivity contribution >= 4 is 23.3 Å². The first kappa shape index (κ1) is 18.5. The predicted octanol–water partition coefficient (Wildman–Crippen LogP) is 3.16. The van der Waals surface area contributed by atoms with Crippen molar-refractivity contribution in [2.24, 2.45) is 0 Å². The van der Waals surface area contributed by atoms with Gasteiger partial charge in [0.05, 0.1) is 19.9 Å². The van der Waals surface area contributed by atoms with E-state index in [1.165, 1.54) is 37.2 Å². The van der Waals surface area contributed by atoms with Crippen molar-refractivity contribution in [2.75, 3.05) is 19.5 Å². The largest absolute Gasteiger partial charge is 0.493 e. The zero-order chi connectivity index (χ0) is 19.4. The molecule has 0 aliphatic rings. The lowest BCUT2D eigenvalue weighted by atomic mass is 10.2. The summed E-state index contributed by atoms with van der Waals surface area (Å²) in [5.74, 6) is 0.305. The summed E-state index contributed by atoms with van der Waals surface area (Å²) in [5, 5.41) is 3.02. The third kappa shape index (κ3) is 3.93. The highest BCUT2D eigenvalue weighted by Gasteiger charge is 2.14. The second-order valence-electron chi connectivity index (χ2n) is 5.45. The number of rotatable bonds is 5. The van der Waals surface area contributed by atoms with Gasteiger partial charge in [0.1, 0.15) is 0 Å². The molecule has 0 unspecified atom stereocenters. The maximum atomic E-state index is 12.7. The first-order valence-corrected chi connectivity index (χ1v) is 8.28. The number of hydrogen-bond donors (Lipinski definition) is 1. The van der Waals surface area contributed by atoms with Gasteiger partial charge in [-0.05, 0) is 36.4 Å². The van der Waals surface area contributed by atoms with E-state index in [0.29, 0.717) is 27.8 Å². The maximum Gasteiger partial charge on any atom is 0.298 e. The van der Waals surface area contributed by atoms with Gasteiger partial charge in [-0.2, -0.15) is 0 Å². The van der Waals surface area contributed by atoms with Crippen LogP contribution in [0, 0.1) is 0 Å². The SMILES string of the molecule is COc1ccc(C(=O)Nc2nccn(-c3cccc(Cl)c3)c2=O)cc1OC. The highest BCUT2D eigenvalue weighted by Crippen LogP contribution is 2.27. The van der Waals surface area contributed by atoms with Crippen LogP contribution in [0.3, 0.4) is 0 Å². The number of halogens is 1. The molecule has 0 radical (unpaired) electrons. The number of carbonyl (C=O) groups is 1. The first-order chi connectivity index (χ1) is 13.0. The van der Waals surface area contributed by atoms with E-state index in [-0.39, 0.29) is 5.82 Å². The Kier molecular flexibility index (Phi) is 5.42. The summed E-state index contributed by atoms with van der Waals surface area (Å²) < 4.78 is 11.7. The van der Waals surface area contributed by atoms with Gasteiger partial charge in [0, 0.05) is 23.0 Å². The van der Waals surface area contributed by atoms with E-state index in [9.17, 15) is 9.59 Å². The molecule has 8 heteroatoms. The van der Waals surface area contributed by atoms with Crippen molar-refractivity contribution in [1.82, 2.24) is 9.55 Å².